The largest absolute Gasteiger partial charge is 0.395 e. The molecule has 0 aliphatic heterocycles. The van der Waals surface area contributed by atoms with Gasteiger partial charge in [0.05, 0.1) is 6.61 Å². The van der Waals surface area contributed by atoms with E-state index in [4.69, 9.17) is 5.11 Å². The molecule has 0 amide bonds. The molecular formula is C14H17NOS. The average Bonchev–Trinajstić information content (AvgIpc) is 2.86. The SMILES string of the molecule is CC(CO)NCc1cc(-c2ccccc2)cs1. The standard InChI is InChI=1S/C14H17NOS/c1-11(9-16)15-8-14-7-13(10-17-14)12-5-3-2-4-6-12/h2-7,10-11,15-16H,8-9H2,1H3. The summed E-state index contributed by atoms with van der Waals surface area (Å²) in [6, 6.07) is 12.7. The molecule has 2 nitrogen and oxygen atoms in total. The van der Waals surface area contributed by atoms with Crippen molar-refractivity contribution in [3.05, 3.63) is 46.7 Å². The molecule has 3 heteroatoms. The van der Waals surface area contributed by atoms with Gasteiger partial charge in [-0.3, -0.25) is 0 Å². The lowest BCUT2D eigenvalue weighted by Gasteiger charge is -2.08. The Labute approximate surface area is 106 Å². The number of thiophene rings is 1. The highest BCUT2D eigenvalue weighted by Gasteiger charge is 2.03. The first-order chi connectivity index (χ1) is 8.29. The van der Waals surface area contributed by atoms with E-state index in [1.54, 1.807) is 11.3 Å². The second kappa shape index (κ2) is 5.96. The van der Waals surface area contributed by atoms with Crippen molar-refractivity contribution in [3.63, 3.8) is 0 Å². The van der Waals surface area contributed by atoms with E-state index in [0.29, 0.717) is 0 Å². The van der Waals surface area contributed by atoms with Crippen LogP contribution in [0.15, 0.2) is 41.8 Å². The summed E-state index contributed by atoms with van der Waals surface area (Å²) >= 11 is 1.75. The van der Waals surface area contributed by atoms with E-state index < -0.39 is 0 Å². The molecule has 2 aromatic rings. The number of rotatable bonds is 5. The Hall–Kier alpha value is -1.16. The summed E-state index contributed by atoms with van der Waals surface area (Å²) < 4.78 is 0. The predicted molar refractivity (Wildman–Crippen MR) is 73.1 cm³/mol. The van der Waals surface area contributed by atoms with Gasteiger partial charge in [-0.05, 0) is 29.5 Å². The highest BCUT2D eigenvalue weighted by molar-refractivity contribution is 7.10. The van der Waals surface area contributed by atoms with Crippen molar-refractivity contribution in [2.45, 2.75) is 19.5 Å². The van der Waals surface area contributed by atoms with Crippen LogP contribution in [0.2, 0.25) is 0 Å². The van der Waals surface area contributed by atoms with Gasteiger partial charge in [0, 0.05) is 17.5 Å². The van der Waals surface area contributed by atoms with Crippen molar-refractivity contribution in [1.82, 2.24) is 5.32 Å². The normalized spacial score (nSPS) is 12.6. The molecule has 0 saturated carbocycles. The van der Waals surface area contributed by atoms with Crippen molar-refractivity contribution in [2.75, 3.05) is 6.61 Å². The number of nitrogens with one attached hydrogen (secondary N) is 1. The topological polar surface area (TPSA) is 32.3 Å². The first-order valence-electron chi connectivity index (χ1n) is 5.76. The van der Waals surface area contributed by atoms with Crippen molar-refractivity contribution in [2.24, 2.45) is 0 Å². The van der Waals surface area contributed by atoms with Crippen LogP contribution in [0.1, 0.15) is 11.8 Å². The predicted octanol–water partition coefficient (Wildman–Crippen LogP) is 2.89. The maximum absolute atomic E-state index is 8.94. The zero-order valence-electron chi connectivity index (χ0n) is 9.89. The molecule has 1 atom stereocenters. The van der Waals surface area contributed by atoms with Crippen LogP contribution in [0.3, 0.4) is 0 Å². The lowest BCUT2D eigenvalue weighted by molar-refractivity contribution is 0.251. The van der Waals surface area contributed by atoms with Gasteiger partial charge in [0.1, 0.15) is 0 Å². The molecule has 1 heterocycles. The van der Waals surface area contributed by atoms with Crippen LogP contribution >= 0.6 is 11.3 Å². The van der Waals surface area contributed by atoms with E-state index in [1.807, 2.05) is 13.0 Å². The first kappa shape index (κ1) is 12.3. The van der Waals surface area contributed by atoms with E-state index in [0.717, 1.165) is 6.54 Å². The molecule has 17 heavy (non-hydrogen) atoms. The van der Waals surface area contributed by atoms with Crippen LogP contribution in [-0.4, -0.2) is 17.8 Å². The third-order valence-corrected chi connectivity index (χ3v) is 3.60. The second-order valence-corrected chi connectivity index (χ2v) is 5.13. The Morgan fingerprint density at radius 1 is 1.24 bits per heavy atom. The van der Waals surface area contributed by atoms with Gasteiger partial charge in [-0.2, -0.15) is 0 Å². The quantitative estimate of drug-likeness (QED) is 0.851. The molecule has 1 unspecified atom stereocenters. The molecule has 0 aliphatic carbocycles. The third kappa shape index (κ3) is 3.40. The van der Waals surface area contributed by atoms with Crippen molar-refractivity contribution < 1.29 is 5.11 Å². The Balaban J connectivity index is 2.01. The molecule has 1 aromatic heterocycles. The van der Waals surface area contributed by atoms with Crippen LogP contribution in [0.5, 0.6) is 0 Å². The molecule has 0 fully saturated rings. The molecular weight excluding hydrogens is 230 g/mol. The summed E-state index contributed by atoms with van der Waals surface area (Å²) in [5, 5.41) is 14.4. The summed E-state index contributed by atoms with van der Waals surface area (Å²) in [6.07, 6.45) is 0. The van der Waals surface area contributed by atoms with Crippen LogP contribution < -0.4 is 5.32 Å². The summed E-state index contributed by atoms with van der Waals surface area (Å²) in [4.78, 5) is 1.30. The minimum absolute atomic E-state index is 0.150. The fourth-order valence-electron chi connectivity index (χ4n) is 1.59. The molecule has 2 N–H and O–H groups in total. The summed E-state index contributed by atoms with van der Waals surface area (Å²) in [7, 11) is 0. The fraction of sp³-hybridized carbons (Fsp3) is 0.286. The number of hydrogen-bond donors (Lipinski definition) is 2. The highest BCUT2D eigenvalue weighted by Crippen LogP contribution is 2.25. The Morgan fingerprint density at radius 2 is 2.00 bits per heavy atom. The van der Waals surface area contributed by atoms with Crippen molar-refractivity contribution >= 4 is 11.3 Å². The zero-order valence-corrected chi connectivity index (χ0v) is 10.7. The lowest BCUT2D eigenvalue weighted by Crippen LogP contribution is -2.28. The molecule has 2 rings (SSSR count). The zero-order chi connectivity index (χ0) is 12.1. The summed E-state index contributed by atoms with van der Waals surface area (Å²) in [5.74, 6) is 0. The Kier molecular flexibility index (Phi) is 4.31. The van der Waals surface area contributed by atoms with E-state index in [9.17, 15) is 0 Å². The minimum atomic E-state index is 0.150. The van der Waals surface area contributed by atoms with E-state index in [-0.39, 0.29) is 12.6 Å². The van der Waals surface area contributed by atoms with E-state index >= 15 is 0 Å². The molecule has 0 aliphatic rings. The van der Waals surface area contributed by atoms with Gasteiger partial charge >= 0.3 is 0 Å². The van der Waals surface area contributed by atoms with Gasteiger partial charge in [0.25, 0.3) is 0 Å². The van der Waals surface area contributed by atoms with Crippen molar-refractivity contribution in [3.8, 4) is 11.1 Å². The van der Waals surface area contributed by atoms with Gasteiger partial charge in [-0.1, -0.05) is 30.3 Å². The summed E-state index contributed by atoms with van der Waals surface area (Å²) in [6.45, 7) is 2.97. The third-order valence-electron chi connectivity index (χ3n) is 2.66. The van der Waals surface area contributed by atoms with Gasteiger partial charge in [0.2, 0.25) is 0 Å². The van der Waals surface area contributed by atoms with E-state index in [2.05, 4.69) is 41.0 Å². The van der Waals surface area contributed by atoms with Crippen LogP contribution in [0, 0.1) is 0 Å². The highest BCUT2D eigenvalue weighted by atomic mass is 32.1. The smallest absolute Gasteiger partial charge is 0.0582 e. The van der Waals surface area contributed by atoms with E-state index in [1.165, 1.54) is 16.0 Å². The molecule has 90 valence electrons. The average molecular weight is 247 g/mol. The maximum atomic E-state index is 8.94. The Morgan fingerprint density at radius 3 is 2.71 bits per heavy atom. The number of aliphatic hydroxyl groups is 1. The molecule has 0 spiro atoms. The van der Waals surface area contributed by atoms with Crippen LogP contribution in [0.4, 0.5) is 0 Å². The molecule has 0 bridgehead atoms. The monoisotopic (exact) mass is 247 g/mol. The van der Waals surface area contributed by atoms with Gasteiger partial charge < -0.3 is 10.4 Å². The van der Waals surface area contributed by atoms with Crippen molar-refractivity contribution in [1.29, 1.82) is 0 Å². The Bertz CT molecular complexity index is 452. The van der Waals surface area contributed by atoms with Gasteiger partial charge in [-0.25, -0.2) is 0 Å². The maximum Gasteiger partial charge on any atom is 0.0582 e. The lowest BCUT2D eigenvalue weighted by atomic mass is 10.1. The second-order valence-electron chi connectivity index (χ2n) is 4.13. The van der Waals surface area contributed by atoms with Crippen LogP contribution in [0.25, 0.3) is 11.1 Å². The fourth-order valence-corrected chi connectivity index (χ4v) is 2.44. The minimum Gasteiger partial charge on any atom is -0.395 e. The van der Waals surface area contributed by atoms with Gasteiger partial charge in [0.15, 0.2) is 0 Å². The molecule has 1 aromatic carbocycles. The molecule has 0 saturated heterocycles. The molecule has 0 radical (unpaired) electrons. The summed E-state index contributed by atoms with van der Waals surface area (Å²) in [5.41, 5.74) is 2.52. The number of benzene rings is 1. The first-order valence-corrected chi connectivity index (χ1v) is 6.64. The number of aliphatic hydroxyl groups excluding tert-OH is 1. The number of hydrogen-bond acceptors (Lipinski definition) is 3. The van der Waals surface area contributed by atoms with Gasteiger partial charge in [-0.15, -0.1) is 11.3 Å². The van der Waals surface area contributed by atoms with Crippen LogP contribution in [-0.2, 0) is 6.54 Å².